The number of hydrogen-bond donors (Lipinski definition) is 1. The predicted octanol–water partition coefficient (Wildman–Crippen LogP) is 2.79. The van der Waals surface area contributed by atoms with Crippen molar-refractivity contribution in [3.05, 3.63) is 65.6 Å². The summed E-state index contributed by atoms with van der Waals surface area (Å²) in [7, 11) is 0. The fourth-order valence-corrected chi connectivity index (χ4v) is 2.22. The number of hydrogen-bond acceptors (Lipinski definition) is 4. The molecule has 2 heterocycles. The number of aromatic nitrogens is 3. The van der Waals surface area contributed by atoms with Gasteiger partial charge in [-0.1, -0.05) is 23.4 Å². The van der Waals surface area contributed by atoms with E-state index < -0.39 is 0 Å². The van der Waals surface area contributed by atoms with Gasteiger partial charge in [-0.3, -0.25) is 4.79 Å². The molecular weight excluding hydrogens is 280 g/mol. The third-order valence-corrected chi connectivity index (χ3v) is 3.34. The van der Waals surface area contributed by atoms with Crippen molar-refractivity contribution in [3.8, 4) is 0 Å². The SMILES string of the molecule is Cc1nc(Cn2cccc2C(=O)Nc2ccccc2C)no1. The molecule has 0 saturated carbocycles. The minimum absolute atomic E-state index is 0.167. The molecule has 0 aliphatic heterocycles. The summed E-state index contributed by atoms with van der Waals surface area (Å²) in [6.07, 6.45) is 1.82. The number of nitrogens with one attached hydrogen (secondary N) is 1. The summed E-state index contributed by atoms with van der Waals surface area (Å²) < 4.78 is 6.74. The molecule has 1 aromatic carbocycles. The number of rotatable bonds is 4. The van der Waals surface area contributed by atoms with E-state index in [1.54, 1.807) is 17.6 Å². The van der Waals surface area contributed by atoms with Gasteiger partial charge in [0, 0.05) is 18.8 Å². The number of anilines is 1. The Morgan fingerprint density at radius 2 is 2.05 bits per heavy atom. The highest BCUT2D eigenvalue weighted by atomic mass is 16.5. The fourth-order valence-electron chi connectivity index (χ4n) is 2.22. The normalized spacial score (nSPS) is 10.6. The maximum atomic E-state index is 12.4. The Morgan fingerprint density at radius 1 is 1.23 bits per heavy atom. The average Bonchev–Trinajstić information content (AvgIpc) is 3.11. The van der Waals surface area contributed by atoms with Crippen LogP contribution in [0.4, 0.5) is 5.69 Å². The van der Waals surface area contributed by atoms with E-state index in [1.165, 1.54) is 0 Å². The molecule has 1 N–H and O–H groups in total. The third-order valence-electron chi connectivity index (χ3n) is 3.34. The molecule has 0 atom stereocenters. The highest BCUT2D eigenvalue weighted by Gasteiger charge is 2.13. The quantitative estimate of drug-likeness (QED) is 0.803. The van der Waals surface area contributed by atoms with Gasteiger partial charge in [-0.2, -0.15) is 4.98 Å². The molecule has 0 radical (unpaired) electrons. The Labute approximate surface area is 127 Å². The van der Waals surface area contributed by atoms with Gasteiger partial charge in [-0.15, -0.1) is 0 Å². The number of benzene rings is 1. The van der Waals surface area contributed by atoms with E-state index in [0.29, 0.717) is 24.0 Å². The van der Waals surface area contributed by atoms with Gasteiger partial charge < -0.3 is 14.4 Å². The zero-order valence-corrected chi connectivity index (χ0v) is 12.4. The fraction of sp³-hybridized carbons (Fsp3) is 0.188. The number of carbonyl (C=O) groups is 1. The lowest BCUT2D eigenvalue weighted by atomic mass is 10.2. The molecule has 22 heavy (non-hydrogen) atoms. The largest absolute Gasteiger partial charge is 0.340 e. The van der Waals surface area contributed by atoms with Crippen molar-refractivity contribution >= 4 is 11.6 Å². The summed E-state index contributed by atoms with van der Waals surface area (Å²) in [5, 5.41) is 6.77. The second kappa shape index (κ2) is 5.85. The van der Waals surface area contributed by atoms with Gasteiger partial charge in [0.1, 0.15) is 5.69 Å². The summed E-state index contributed by atoms with van der Waals surface area (Å²) >= 11 is 0. The van der Waals surface area contributed by atoms with E-state index in [4.69, 9.17) is 4.52 Å². The van der Waals surface area contributed by atoms with Gasteiger partial charge in [0.2, 0.25) is 5.89 Å². The highest BCUT2D eigenvalue weighted by Crippen LogP contribution is 2.15. The minimum Gasteiger partial charge on any atom is -0.340 e. The molecule has 6 nitrogen and oxygen atoms in total. The van der Waals surface area contributed by atoms with Crippen LogP contribution in [0.3, 0.4) is 0 Å². The second-order valence-electron chi connectivity index (χ2n) is 5.02. The van der Waals surface area contributed by atoms with Crippen LogP contribution in [0.5, 0.6) is 0 Å². The molecule has 0 unspecified atom stereocenters. The number of nitrogens with zero attached hydrogens (tertiary/aromatic N) is 3. The summed E-state index contributed by atoms with van der Waals surface area (Å²) in [4.78, 5) is 16.6. The van der Waals surface area contributed by atoms with Crippen LogP contribution in [-0.2, 0) is 6.54 Å². The summed E-state index contributed by atoms with van der Waals surface area (Å²) in [6, 6.07) is 11.2. The first-order valence-corrected chi connectivity index (χ1v) is 6.95. The zero-order chi connectivity index (χ0) is 15.5. The van der Waals surface area contributed by atoms with Crippen LogP contribution in [0.1, 0.15) is 27.8 Å². The molecule has 112 valence electrons. The van der Waals surface area contributed by atoms with Gasteiger partial charge >= 0.3 is 0 Å². The van der Waals surface area contributed by atoms with Crippen molar-refractivity contribution in [1.29, 1.82) is 0 Å². The Bertz CT molecular complexity index is 804. The molecular formula is C16H16N4O2. The molecule has 1 amide bonds. The lowest BCUT2D eigenvalue weighted by Gasteiger charge is -2.10. The number of carbonyl (C=O) groups excluding carboxylic acids is 1. The molecule has 0 spiro atoms. The molecule has 0 saturated heterocycles. The van der Waals surface area contributed by atoms with Crippen LogP contribution in [0.15, 0.2) is 47.1 Å². The van der Waals surface area contributed by atoms with Crippen LogP contribution in [-0.4, -0.2) is 20.6 Å². The highest BCUT2D eigenvalue weighted by molar-refractivity contribution is 6.03. The topological polar surface area (TPSA) is 73.0 Å². The first-order chi connectivity index (χ1) is 10.6. The van der Waals surface area contributed by atoms with Crippen LogP contribution in [0.25, 0.3) is 0 Å². The minimum atomic E-state index is -0.167. The second-order valence-corrected chi connectivity index (χ2v) is 5.02. The molecule has 3 rings (SSSR count). The summed E-state index contributed by atoms with van der Waals surface area (Å²) in [5.41, 5.74) is 2.36. The predicted molar refractivity (Wildman–Crippen MR) is 81.7 cm³/mol. The Morgan fingerprint density at radius 3 is 2.77 bits per heavy atom. The van der Waals surface area contributed by atoms with Crippen LogP contribution >= 0.6 is 0 Å². The lowest BCUT2D eigenvalue weighted by Crippen LogP contribution is -2.18. The monoisotopic (exact) mass is 296 g/mol. The Balaban J connectivity index is 1.79. The van der Waals surface area contributed by atoms with Crippen LogP contribution in [0.2, 0.25) is 0 Å². The summed E-state index contributed by atoms with van der Waals surface area (Å²) in [6.45, 7) is 4.08. The molecule has 0 aliphatic rings. The van der Waals surface area contributed by atoms with E-state index in [2.05, 4.69) is 15.5 Å². The number of para-hydroxylation sites is 1. The van der Waals surface area contributed by atoms with Crippen molar-refractivity contribution in [3.63, 3.8) is 0 Å². The molecule has 2 aromatic heterocycles. The van der Waals surface area contributed by atoms with Gasteiger partial charge in [0.05, 0.1) is 6.54 Å². The van der Waals surface area contributed by atoms with Gasteiger partial charge in [0.25, 0.3) is 5.91 Å². The molecule has 6 heteroatoms. The first-order valence-electron chi connectivity index (χ1n) is 6.95. The van der Waals surface area contributed by atoms with Crippen LogP contribution in [0, 0.1) is 13.8 Å². The standard InChI is InChI=1S/C16H16N4O2/c1-11-6-3-4-7-13(11)18-16(21)14-8-5-9-20(14)10-15-17-12(2)22-19-15/h3-9H,10H2,1-2H3,(H,18,21). The Kier molecular flexibility index (Phi) is 3.74. The molecule has 0 bridgehead atoms. The van der Waals surface area contributed by atoms with E-state index in [1.807, 2.05) is 43.5 Å². The zero-order valence-electron chi connectivity index (χ0n) is 12.4. The van der Waals surface area contributed by atoms with Crippen molar-refractivity contribution in [2.45, 2.75) is 20.4 Å². The van der Waals surface area contributed by atoms with Crippen molar-refractivity contribution < 1.29 is 9.32 Å². The van der Waals surface area contributed by atoms with Crippen molar-refractivity contribution in [2.24, 2.45) is 0 Å². The maximum Gasteiger partial charge on any atom is 0.272 e. The maximum absolute atomic E-state index is 12.4. The van der Waals surface area contributed by atoms with E-state index in [9.17, 15) is 4.79 Å². The van der Waals surface area contributed by atoms with E-state index in [-0.39, 0.29) is 5.91 Å². The number of aryl methyl sites for hydroxylation is 2. The molecule has 0 aliphatic carbocycles. The lowest BCUT2D eigenvalue weighted by molar-refractivity contribution is 0.101. The van der Waals surface area contributed by atoms with E-state index >= 15 is 0 Å². The van der Waals surface area contributed by atoms with Crippen molar-refractivity contribution in [2.75, 3.05) is 5.32 Å². The van der Waals surface area contributed by atoms with Gasteiger partial charge in [-0.05, 0) is 30.7 Å². The molecule has 0 fully saturated rings. The molecule has 3 aromatic rings. The Hall–Kier alpha value is -2.89. The third kappa shape index (κ3) is 2.90. The van der Waals surface area contributed by atoms with Crippen LogP contribution < -0.4 is 5.32 Å². The van der Waals surface area contributed by atoms with E-state index in [0.717, 1.165) is 11.3 Å². The smallest absolute Gasteiger partial charge is 0.272 e. The first kappa shape index (κ1) is 14.1. The van der Waals surface area contributed by atoms with Gasteiger partial charge in [0.15, 0.2) is 5.82 Å². The average molecular weight is 296 g/mol. The summed E-state index contributed by atoms with van der Waals surface area (Å²) in [5.74, 6) is 0.881. The number of amides is 1. The van der Waals surface area contributed by atoms with Gasteiger partial charge in [-0.25, -0.2) is 0 Å². The van der Waals surface area contributed by atoms with Crippen molar-refractivity contribution in [1.82, 2.24) is 14.7 Å².